The average molecular weight is 366 g/mol. The van der Waals surface area contributed by atoms with Gasteiger partial charge in [-0.2, -0.15) is 5.10 Å². The largest absolute Gasteiger partial charge is 0.478 e. The lowest BCUT2D eigenvalue weighted by molar-refractivity contribution is -0.131. The van der Waals surface area contributed by atoms with Crippen LogP contribution in [0.1, 0.15) is 5.56 Å². The fourth-order valence-electron chi connectivity index (χ4n) is 3.06. The Morgan fingerprint density at radius 3 is 2.00 bits per heavy atom. The molecule has 4 rings (SSSR count). The van der Waals surface area contributed by atoms with Crippen molar-refractivity contribution >= 4 is 12.0 Å². The van der Waals surface area contributed by atoms with Gasteiger partial charge < -0.3 is 5.11 Å². The number of carboxylic acid groups (broad SMARTS) is 1. The summed E-state index contributed by atoms with van der Waals surface area (Å²) in [6.07, 6.45) is 4.55. The third-order valence-electron chi connectivity index (χ3n) is 4.43. The third-order valence-corrected chi connectivity index (χ3v) is 4.43. The van der Waals surface area contributed by atoms with Crippen molar-refractivity contribution in [3.63, 3.8) is 0 Å². The molecule has 0 aliphatic heterocycles. The Balaban J connectivity index is 1.75. The quantitative estimate of drug-likeness (QED) is 0.487. The van der Waals surface area contributed by atoms with E-state index in [1.165, 1.54) is 0 Å². The molecule has 3 aromatic carbocycles. The molecule has 0 unspecified atom stereocenters. The lowest BCUT2D eigenvalue weighted by Crippen LogP contribution is -1.94. The van der Waals surface area contributed by atoms with Gasteiger partial charge in [0.25, 0.3) is 0 Å². The van der Waals surface area contributed by atoms with Crippen molar-refractivity contribution in [3.05, 3.63) is 103 Å². The first kappa shape index (κ1) is 17.5. The molecule has 0 radical (unpaired) electrons. The number of hydrogen-bond acceptors (Lipinski definition) is 2. The Morgan fingerprint density at radius 1 is 0.786 bits per heavy atom. The molecule has 0 saturated carbocycles. The van der Waals surface area contributed by atoms with Crippen LogP contribution >= 0.6 is 0 Å². The molecule has 0 saturated heterocycles. The topological polar surface area (TPSA) is 55.1 Å². The van der Waals surface area contributed by atoms with E-state index >= 15 is 0 Å². The molecule has 0 aliphatic rings. The van der Waals surface area contributed by atoms with E-state index in [4.69, 9.17) is 10.2 Å². The molecule has 4 heteroatoms. The summed E-state index contributed by atoms with van der Waals surface area (Å²) >= 11 is 0. The van der Waals surface area contributed by atoms with E-state index in [9.17, 15) is 4.79 Å². The summed E-state index contributed by atoms with van der Waals surface area (Å²) in [5.41, 5.74) is 5.60. The second-order valence-electron chi connectivity index (χ2n) is 6.33. The summed E-state index contributed by atoms with van der Waals surface area (Å²) in [4.78, 5) is 11.0. The SMILES string of the molecule is O=C(O)C=Cc1cn(-c2ccccc2)nc1-c1ccc(-c2ccccc2)cc1. The number of rotatable bonds is 5. The molecule has 1 N–H and O–H groups in total. The van der Waals surface area contributed by atoms with Gasteiger partial charge >= 0.3 is 5.97 Å². The zero-order valence-corrected chi connectivity index (χ0v) is 15.1. The highest BCUT2D eigenvalue weighted by Gasteiger charge is 2.11. The molecule has 1 heterocycles. The summed E-state index contributed by atoms with van der Waals surface area (Å²) in [7, 11) is 0. The number of carboxylic acids is 1. The Morgan fingerprint density at radius 2 is 1.36 bits per heavy atom. The van der Waals surface area contributed by atoms with Gasteiger partial charge in [0, 0.05) is 23.4 Å². The van der Waals surface area contributed by atoms with Crippen LogP contribution in [-0.2, 0) is 4.79 Å². The average Bonchev–Trinajstić information content (AvgIpc) is 3.18. The molecule has 0 spiro atoms. The van der Waals surface area contributed by atoms with Crippen molar-refractivity contribution in [3.8, 4) is 28.1 Å². The van der Waals surface area contributed by atoms with Crippen LogP contribution in [0.2, 0.25) is 0 Å². The number of nitrogens with zero attached hydrogens (tertiary/aromatic N) is 2. The van der Waals surface area contributed by atoms with Gasteiger partial charge in [-0.15, -0.1) is 0 Å². The van der Waals surface area contributed by atoms with Gasteiger partial charge in [0.2, 0.25) is 0 Å². The van der Waals surface area contributed by atoms with Gasteiger partial charge in [0.1, 0.15) is 0 Å². The summed E-state index contributed by atoms with van der Waals surface area (Å²) in [6, 6.07) is 28.0. The van der Waals surface area contributed by atoms with Gasteiger partial charge in [0.05, 0.1) is 11.4 Å². The maximum Gasteiger partial charge on any atom is 0.328 e. The highest BCUT2D eigenvalue weighted by Crippen LogP contribution is 2.28. The minimum Gasteiger partial charge on any atom is -0.478 e. The highest BCUT2D eigenvalue weighted by molar-refractivity contribution is 5.87. The Bertz CT molecular complexity index is 1110. The van der Waals surface area contributed by atoms with Gasteiger partial charge in [-0.3, -0.25) is 0 Å². The molecule has 0 aliphatic carbocycles. The fraction of sp³-hybridized carbons (Fsp3) is 0. The van der Waals surface area contributed by atoms with Gasteiger partial charge in [-0.05, 0) is 29.3 Å². The van der Waals surface area contributed by atoms with Crippen LogP contribution in [0.15, 0.2) is 97.2 Å². The van der Waals surface area contributed by atoms with Gasteiger partial charge in [-0.1, -0.05) is 72.8 Å². The van der Waals surface area contributed by atoms with Crippen molar-refractivity contribution in [2.24, 2.45) is 0 Å². The monoisotopic (exact) mass is 366 g/mol. The third kappa shape index (κ3) is 3.76. The molecule has 0 bridgehead atoms. The van der Waals surface area contributed by atoms with E-state index in [0.717, 1.165) is 39.7 Å². The van der Waals surface area contributed by atoms with Crippen molar-refractivity contribution in [1.29, 1.82) is 0 Å². The van der Waals surface area contributed by atoms with Crippen LogP contribution in [-0.4, -0.2) is 20.9 Å². The van der Waals surface area contributed by atoms with E-state index in [-0.39, 0.29) is 0 Å². The van der Waals surface area contributed by atoms with E-state index < -0.39 is 5.97 Å². The van der Waals surface area contributed by atoms with Crippen LogP contribution in [0.25, 0.3) is 34.1 Å². The minimum atomic E-state index is -0.988. The fourth-order valence-corrected chi connectivity index (χ4v) is 3.06. The number of aromatic nitrogens is 2. The lowest BCUT2D eigenvalue weighted by Gasteiger charge is -2.04. The summed E-state index contributed by atoms with van der Waals surface area (Å²) < 4.78 is 1.77. The first-order chi connectivity index (χ1) is 13.7. The second kappa shape index (κ2) is 7.76. The van der Waals surface area contributed by atoms with Crippen molar-refractivity contribution in [2.45, 2.75) is 0 Å². The Labute approximate surface area is 163 Å². The van der Waals surface area contributed by atoms with Gasteiger partial charge in [-0.25, -0.2) is 9.48 Å². The molecule has 0 amide bonds. The van der Waals surface area contributed by atoms with Crippen LogP contribution in [0, 0.1) is 0 Å². The van der Waals surface area contributed by atoms with Crippen LogP contribution < -0.4 is 0 Å². The van der Waals surface area contributed by atoms with Crippen molar-refractivity contribution < 1.29 is 9.90 Å². The molecule has 4 aromatic rings. The van der Waals surface area contributed by atoms with E-state index in [1.54, 1.807) is 10.8 Å². The van der Waals surface area contributed by atoms with Crippen LogP contribution in [0.3, 0.4) is 0 Å². The highest BCUT2D eigenvalue weighted by atomic mass is 16.4. The van der Waals surface area contributed by atoms with Crippen LogP contribution in [0.4, 0.5) is 0 Å². The molecule has 0 fully saturated rings. The van der Waals surface area contributed by atoms with Crippen LogP contribution in [0.5, 0.6) is 0 Å². The number of aliphatic carboxylic acids is 1. The maximum atomic E-state index is 11.0. The lowest BCUT2D eigenvalue weighted by atomic mass is 10.0. The normalized spacial score (nSPS) is 11.0. The Hall–Kier alpha value is -3.92. The van der Waals surface area contributed by atoms with Crippen molar-refractivity contribution in [1.82, 2.24) is 9.78 Å². The smallest absolute Gasteiger partial charge is 0.328 e. The molecule has 0 atom stereocenters. The molecular formula is C24H18N2O2. The van der Waals surface area contributed by atoms with Crippen molar-refractivity contribution in [2.75, 3.05) is 0 Å². The summed E-state index contributed by atoms with van der Waals surface area (Å²) in [5.74, 6) is -0.988. The summed E-state index contributed by atoms with van der Waals surface area (Å²) in [6.45, 7) is 0. The molecule has 4 nitrogen and oxygen atoms in total. The second-order valence-corrected chi connectivity index (χ2v) is 6.33. The standard InChI is InChI=1S/C24H18N2O2/c27-23(28)16-15-21-17-26(22-9-5-2-6-10-22)25-24(21)20-13-11-19(12-14-20)18-7-3-1-4-8-18/h1-17H,(H,27,28). The number of benzene rings is 3. The minimum absolute atomic E-state index is 0.737. The maximum absolute atomic E-state index is 11.0. The molecule has 28 heavy (non-hydrogen) atoms. The molecule has 1 aromatic heterocycles. The summed E-state index contributed by atoms with van der Waals surface area (Å²) in [5, 5.41) is 13.7. The number of hydrogen-bond donors (Lipinski definition) is 1. The van der Waals surface area contributed by atoms with E-state index in [1.807, 2.05) is 66.9 Å². The first-order valence-corrected chi connectivity index (χ1v) is 8.93. The van der Waals surface area contributed by atoms with E-state index in [0.29, 0.717) is 0 Å². The molecular weight excluding hydrogens is 348 g/mol. The number of carbonyl (C=O) groups is 1. The van der Waals surface area contributed by atoms with Gasteiger partial charge in [0.15, 0.2) is 0 Å². The number of para-hydroxylation sites is 1. The predicted octanol–water partition coefficient (Wildman–Crippen LogP) is 5.30. The predicted molar refractivity (Wildman–Crippen MR) is 111 cm³/mol. The first-order valence-electron chi connectivity index (χ1n) is 8.93. The zero-order chi connectivity index (χ0) is 19.3. The Kier molecular flexibility index (Phi) is 4.85. The van der Waals surface area contributed by atoms with E-state index in [2.05, 4.69) is 24.3 Å². The molecule has 136 valence electrons. The zero-order valence-electron chi connectivity index (χ0n) is 15.1.